The molecule has 5 atom stereocenters. The van der Waals surface area contributed by atoms with Gasteiger partial charge in [0.2, 0.25) is 5.78 Å². The first-order valence-corrected chi connectivity index (χ1v) is 13.5. The van der Waals surface area contributed by atoms with E-state index in [4.69, 9.17) is 5.73 Å². The number of piperidine rings is 1. The molecule has 40 heavy (non-hydrogen) atoms. The molecule has 9 N–H and O–H groups in total. The molecule has 1 saturated heterocycles. The Morgan fingerprint density at radius 2 is 1.68 bits per heavy atom. The van der Waals surface area contributed by atoms with Crippen molar-refractivity contribution >= 4 is 23.2 Å². The van der Waals surface area contributed by atoms with Crippen LogP contribution >= 0.6 is 0 Å². The largest absolute Gasteiger partial charge is 0.511 e. The van der Waals surface area contributed by atoms with Gasteiger partial charge >= 0.3 is 0 Å². The number of rotatable bonds is 3. The fourth-order valence-corrected chi connectivity index (χ4v) is 7.76. The van der Waals surface area contributed by atoms with Crippen LogP contribution in [0.1, 0.15) is 75.7 Å². The summed E-state index contributed by atoms with van der Waals surface area (Å²) in [7, 11) is 0. The number of primary amides is 1. The molecule has 0 aromatic heterocycles. The molecule has 1 amide bonds. The van der Waals surface area contributed by atoms with Crippen molar-refractivity contribution in [3.63, 3.8) is 0 Å². The number of aromatic hydroxyl groups is 1. The Labute approximate surface area is 231 Å². The van der Waals surface area contributed by atoms with Crippen molar-refractivity contribution in [1.82, 2.24) is 5.32 Å². The van der Waals surface area contributed by atoms with E-state index < -0.39 is 76.0 Å². The van der Waals surface area contributed by atoms with Gasteiger partial charge in [0.25, 0.3) is 5.91 Å². The van der Waals surface area contributed by atoms with Crippen LogP contribution in [0.5, 0.6) is 5.75 Å². The van der Waals surface area contributed by atoms with E-state index in [1.165, 1.54) is 0 Å². The predicted molar refractivity (Wildman–Crippen MR) is 145 cm³/mol. The van der Waals surface area contributed by atoms with E-state index in [1.807, 2.05) is 0 Å². The monoisotopic (exact) mass is 555 g/mol. The molecule has 11 nitrogen and oxygen atoms in total. The number of allylic oxidation sites excluding steroid dienone is 1. The molecule has 1 fully saturated rings. The summed E-state index contributed by atoms with van der Waals surface area (Å²) < 4.78 is 0. The Bertz CT molecular complexity index is 1390. The summed E-state index contributed by atoms with van der Waals surface area (Å²) in [5.74, 6) is -8.70. The standard InChI is InChI=1S/C29H37N3O8/c1-11-13-6-7-15(31-12-9-27(2,3)32-28(4,5)10-12)22(35)18(13)23(36)20-17(11)21(34)14-8-16(33)19(26(30)39)24(37)29(14,40)25(20)38/h6-7,11-12,14,17,21,31-35,38,40H,8-10H2,1-5H3,(H2,30,39)/t11-,14+,17+,21+,29+/m0/s1. The third-order valence-corrected chi connectivity index (χ3v) is 9.05. The van der Waals surface area contributed by atoms with Gasteiger partial charge in [-0.1, -0.05) is 13.0 Å². The van der Waals surface area contributed by atoms with E-state index in [-0.39, 0.29) is 28.4 Å². The van der Waals surface area contributed by atoms with Crippen LogP contribution < -0.4 is 16.4 Å². The van der Waals surface area contributed by atoms with Crippen LogP contribution in [0.2, 0.25) is 0 Å². The van der Waals surface area contributed by atoms with E-state index in [0.29, 0.717) is 11.3 Å². The maximum Gasteiger partial charge on any atom is 0.255 e. The smallest absolute Gasteiger partial charge is 0.255 e. The first kappa shape index (κ1) is 28.1. The van der Waals surface area contributed by atoms with Gasteiger partial charge in [-0.2, -0.15) is 0 Å². The number of phenols is 1. The molecule has 11 heteroatoms. The maximum atomic E-state index is 13.9. The minimum atomic E-state index is -2.85. The van der Waals surface area contributed by atoms with Gasteiger partial charge in [-0.15, -0.1) is 0 Å². The number of carbonyl (C=O) groups excluding carboxylic acids is 3. The molecule has 4 aliphatic rings. The highest BCUT2D eigenvalue weighted by atomic mass is 16.4. The molecule has 216 valence electrons. The molecule has 0 spiro atoms. The minimum absolute atomic E-state index is 0.0313. The highest BCUT2D eigenvalue weighted by Gasteiger charge is 2.64. The van der Waals surface area contributed by atoms with Crippen LogP contribution in [0.25, 0.3) is 0 Å². The molecule has 1 aromatic rings. The Morgan fingerprint density at radius 3 is 2.25 bits per heavy atom. The molecular formula is C29H37N3O8. The maximum absolute atomic E-state index is 13.9. The number of aliphatic hydroxyl groups is 4. The normalized spacial score (nSPS) is 33.3. The molecule has 1 aliphatic heterocycles. The number of hydrogen-bond acceptors (Lipinski definition) is 10. The number of aliphatic hydroxyl groups excluding tert-OH is 3. The van der Waals surface area contributed by atoms with E-state index in [2.05, 4.69) is 38.3 Å². The van der Waals surface area contributed by atoms with Crippen LogP contribution in [-0.2, 0) is 9.59 Å². The number of nitrogens with one attached hydrogen (secondary N) is 2. The third kappa shape index (κ3) is 3.93. The van der Waals surface area contributed by atoms with Crippen LogP contribution in [0.4, 0.5) is 5.69 Å². The fourth-order valence-electron chi connectivity index (χ4n) is 7.76. The number of Topliss-reactive ketones (excluding diaryl/α,β-unsaturated/α-hetero) is 2. The SMILES string of the molecule is C[C@H]1c2ccc(NC3CC(C)(C)NC(C)(C)C3)c(O)c2C(=O)C2=C(O)[C@]3(O)C(=O)C(C(N)=O)=C(O)C[C@@H]3[C@@H](O)[C@@H]21. The zero-order valence-corrected chi connectivity index (χ0v) is 23.2. The number of ketones is 2. The van der Waals surface area contributed by atoms with Crippen LogP contribution in [0, 0.1) is 11.8 Å². The van der Waals surface area contributed by atoms with Crippen molar-refractivity contribution in [3.05, 3.63) is 45.9 Å². The second kappa shape index (κ2) is 8.79. The predicted octanol–water partition coefficient (Wildman–Crippen LogP) is 1.83. The number of amides is 1. The summed E-state index contributed by atoms with van der Waals surface area (Å²) in [6.45, 7) is 10.1. The summed E-state index contributed by atoms with van der Waals surface area (Å²) in [6.07, 6.45) is -0.573. The van der Waals surface area contributed by atoms with Crippen molar-refractivity contribution < 1.29 is 39.9 Å². The first-order valence-electron chi connectivity index (χ1n) is 13.5. The van der Waals surface area contributed by atoms with Crippen molar-refractivity contribution in [2.45, 2.75) is 88.6 Å². The molecular weight excluding hydrogens is 518 g/mol. The molecule has 1 aromatic carbocycles. The van der Waals surface area contributed by atoms with Gasteiger partial charge < -0.3 is 41.9 Å². The Hall–Kier alpha value is -3.41. The summed E-state index contributed by atoms with van der Waals surface area (Å²) in [6, 6.07) is 3.33. The van der Waals surface area contributed by atoms with Gasteiger partial charge in [0, 0.05) is 40.9 Å². The van der Waals surface area contributed by atoms with Crippen LogP contribution in [0.3, 0.4) is 0 Å². The molecule has 3 aliphatic carbocycles. The zero-order chi connectivity index (χ0) is 29.7. The number of benzene rings is 1. The topological polar surface area (TPSA) is 202 Å². The highest BCUT2D eigenvalue weighted by molar-refractivity contribution is 6.24. The van der Waals surface area contributed by atoms with E-state index in [0.717, 1.165) is 12.8 Å². The van der Waals surface area contributed by atoms with E-state index in [9.17, 15) is 39.9 Å². The first-order chi connectivity index (χ1) is 18.4. The minimum Gasteiger partial charge on any atom is -0.511 e. The number of carbonyl (C=O) groups is 3. The van der Waals surface area contributed by atoms with Gasteiger partial charge in [-0.3, -0.25) is 14.4 Å². The molecule has 0 bridgehead atoms. The third-order valence-electron chi connectivity index (χ3n) is 9.05. The zero-order valence-electron chi connectivity index (χ0n) is 23.2. The Balaban J connectivity index is 1.60. The van der Waals surface area contributed by atoms with Gasteiger partial charge in [0.1, 0.15) is 22.8 Å². The number of anilines is 1. The quantitative estimate of drug-likeness (QED) is 0.201. The fraction of sp³-hybridized carbons (Fsp3) is 0.552. The molecule has 5 rings (SSSR count). The average Bonchev–Trinajstić information content (AvgIpc) is 2.81. The average molecular weight is 556 g/mol. The van der Waals surface area contributed by atoms with E-state index >= 15 is 0 Å². The molecule has 0 unspecified atom stereocenters. The molecule has 1 heterocycles. The van der Waals surface area contributed by atoms with Gasteiger partial charge in [-0.25, -0.2) is 0 Å². The summed E-state index contributed by atoms with van der Waals surface area (Å²) >= 11 is 0. The van der Waals surface area contributed by atoms with Crippen molar-refractivity contribution in [1.29, 1.82) is 0 Å². The number of nitrogens with two attached hydrogens (primary N) is 1. The lowest BCUT2D eigenvalue weighted by Gasteiger charge is -2.50. The van der Waals surface area contributed by atoms with Crippen LogP contribution in [-0.4, -0.2) is 71.8 Å². The van der Waals surface area contributed by atoms with Gasteiger partial charge in [-0.05, 0) is 58.1 Å². The lowest BCUT2D eigenvalue weighted by atomic mass is 9.56. The highest BCUT2D eigenvalue weighted by Crippen LogP contribution is 2.55. The van der Waals surface area contributed by atoms with Crippen molar-refractivity contribution in [2.24, 2.45) is 17.6 Å². The van der Waals surface area contributed by atoms with Gasteiger partial charge in [0.15, 0.2) is 11.4 Å². The van der Waals surface area contributed by atoms with Crippen molar-refractivity contribution in [3.8, 4) is 5.75 Å². The number of phenolic OH excluding ortho intramolecular Hbond substituents is 1. The Morgan fingerprint density at radius 1 is 1.07 bits per heavy atom. The van der Waals surface area contributed by atoms with E-state index in [1.54, 1.807) is 19.1 Å². The molecule has 0 radical (unpaired) electrons. The van der Waals surface area contributed by atoms with Crippen molar-refractivity contribution in [2.75, 3.05) is 5.32 Å². The second-order valence-corrected chi connectivity index (χ2v) is 13.1. The van der Waals surface area contributed by atoms with Gasteiger partial charge in [0.05, 0.1) is 17.4 Å². The summed E-state index contributed by atoms with van der Waals surface area (Å²) in [5.41, 5.74) is 1.37. The Kier molecular flexibility index (Phi) is 6.18. The number of fused-ring (bicyclic) bond motifs is 3. The summed E-state index contributed by atoms with van der Waals surface area (Å²) in [4.78, 5) is 39.0. The lowest BCUT2D eigenvalue weighted by Crippen LogP contribution is -2.62. The lowest BCUT2D eigenvalue weighted by molar-refractivity contribution is -0.154. The number of hydrogen-bond donors (Lipinski definition) is 8. The molecule has 0 saturated carbocycles. The second-order valence-electron chi connectivity index (χ2n) is 13.1. The van der Waals surface area contributed by atoms with Crippen LogP contribution in [0.15, 0.2) is 34.8 Å². The summed E-state index contributed by atoms with van der Waals surface area (Å²) in [5, 5.41) is 62.8.